The quantitative estimate of drug-likeness (QED) is 0.729. The maximum Gasteiger partial charge on any atom is 0.272 e. The van der Waals surface area contributed by atoms with Crippen molar-refractivity contribution in [3.05, 3.63) is 41.3 Å². The van der Waals surface area contributed by atoms with Crippen LogP contribution in [0.3, 0.4) is 0 Å². The summed E-state index contributed by atoms with van der Waals surface area (Å²) in [5.41, 5.74) is 4.16. The third-order valence-electron chi connectivity index (χ3n) is 5.07. The van der Waals surface area contributed by atoms with Gasteiger partial charge in [-0.15, -0.1) is 0 Å². The van der Waals surface area contributed by atoms with E-state index in [1.165, 1.54) is 11.2 Å². The van der Waals surface area contributed by atoms with E-state index in [0.29, 0.717) is 22.7 Å². The van der Waals surface area contributed by atoms with E-state index in [4.69, 9.17) is 0 Å². The Labute approximate surface area is 163 Å². The molecule has 8 heteroatoms. The highest BCUT2D eigenvalue weighted by Crippen LogP contribution is 2.45. The van der Waals surface area contributed by atoms with Crippen LogP contribution in [0.5, 0.6) is 0 Å². The average molecular weight is 398 g/mol. The maximum absolute atomic E-state index is 12.8. The summed E-state index contributed by atoms with van der Waals surface area (Å²) < 4.78 is 24.0. The van der Waals surface area contributed by atoms with Crippen molar-refractivity contribution in [2.75, 3.05) is 20.4 Å². The van der Waals surface area contributed by atoms with E-state index in [2.05, 4.69) is 15.2 Å². The number of sulfone groups is 1. The number of fused-ring (bicyclic) bond motifs is 1. The molecule has 0 unspecified atom stereocenters. The van der Waals surface area contributed by atoms with Crippen LogP contribution in [-0.4, -0.2) is 54.8 Å². The first-order valence-corrected chi connectivity index (χ1v) is 11.0. The number of carbonyl (C=O) groups is 1. The topological polar surface area (TPSA) is 96.0 Å². The molecule has 1 aromatic carbocycles. The first-order valence-electron chi connectivity index (χ1n) is 9.08. The number of amides is 1. The van der Waals surface area contributed by atoms with Crippen LogP contribution in [0.4, 0.5) is 0 Å². The molecule has 146 valence electrons. The van der Waals surface area contributed by atoms with Gasteiger partial charge in [-0.2, -0.15) is 5.10 Å². The third kappa shape index (κ3) is 3.07. The van der Waals surface area contributed by atoms with Gasteiger partial charge in [0.15, 0.2) is 9.84 Å². The SMILES string of the molecule is Cc1cc(-c2c(C(=O)N(C)C)ncc3[nH]nc(C4CC4)c23)ccc1S(C)(=O)=O. The minimum atomic E-state index is -3.32. The summed E-state index contributed by atoms with van der Waals surface area (Å²) in [6, 6.07) is 5.15. The van der Waals surface area contributed by atoms with Crippen LogP contribution in [0, 0.1) is 6.92 Å². The molecule has 28 heavy (non-hydrogen) atoms. The zero-order chi connectivity index (χ0) is 20.2. The van der Waals surface area contributed by atoms with Crippen molar-refractivity contribution >= 4 is 26.6 Å². The van der Waals surface area contributed by atoms with Gasteiger partial charge in [-0.05, 0) is 37.0 Å². The highest BCUT2D eigenvalue weighted by atomic mass is 32.2. The fourth-order valence-electron chi connectivity index (χ4n) is 3.57. The van der Waals surface area contributed by atoms with Crippen LogP contribution in [0.15, 0.2) is 29.3 Å². The van der Waals surface area contributed by atoms with Gasteiger partial charge < -0.3 is 4.90 Å². The molecule has 1 aliphatic carbocycles. The fraction of sp³-hybridized carbons (Fsp3) is 0.350. The van der Waals surface area contributed by atoms with Gasteiger partial charge in [-0.3, -0.25) is 9.89 Å². The number of nitrogens with one attached hydrogen (secondary N) is 1. The van der Waals surface area contributed by atoms with Crippen molar-refractivity contribution in [2.45, 2.75) is 30.6 Å². The molecular formula is C20H22N4O3S. The van der Waals surface area contributed by atoms with Crippen LogP contribution >= 0.6 is 0 Å². The second-order valence-corrected chi connectivity index (χ2v) is 9.59. The number of benzene rings is 1. The van der Waals surface area contributed by atoms with Gasteiger partial charge in [0.1, 0.15) is 5.69 Å². The number of aromatic amines is 1. The highest BCUT2D eigenvalue weighted by molar-refractivity contribution is 7.90. The predicted octanol–water partition coefficient (Wildman–Crippen LogP) is 2.92. The van der Waals surface area contributed by atoms with E-state index < -0.39 is 9.84 Å². The highest BCUT2D eigenvalue weighted by Gasteiger charge is 2.31. The Morgan fingerprint density at radius 3 is 2.54 bits per heavy atom. The number of carbonyl (C=O) groups excluding carboxylic acids is 1. The van der Waals surface area contributed by atoms with E-state index >= 15 is 0 Å². The largest absolute Gasteiger partial charge is 0.343 e. The second kappa shape index (κ2) is 6.41. The number of aromatic nitrogens is 3. The lowest BCUT2D eigenvalue weighted by Gasteiger charge is -2.16. The summed E-state index contributed by atoms with van der Waals surface area (Å²) in [4.78, 5) is 19.0. The molecule has 1 amide bonds. The molecule has 2 aromatic heterocycles. The number of rotatable bonds is 4. The standard InChI is InChI=1S/C20H22N4O3S/c1-11-9-13(7-8-15(11)28(4,26)27)16-17-14(22-23-18(17)12-5-6-12)10-21-19(16)20(25)24(2)3/h7-10,12H,5-6H2,1-4H3,(H,22,23). The summed E-state index contributed by atoms with van der Waals surface area (Å²) >= 11 is 0. The van der Waals surface area contributed by atoms with Crippen molar-refractivity contribution in [2.24, 2.45) is 0 Å². The molecule has 0 radical (unpaired) electrons. The van der Waals surface area contributed by atoms with Crippen molar-refractivity contribution in [3.63, 3.8) is 0 Å². The predicted molar refractivity (Wildman–Crippen MR) is 107 cm³/mol. The van der Waals surface area contributed by atoms with Crippen LogP contribution in [0.1, 0.15) is 40.5 Å². The molecule has 3 aromatic rings. The normalized spacial score (nSPS) is 14.4. The minimum absolute atomic E-state index is 0.204. The Balaban J connectivity index is 2.03. The second-order valence-electron chi connectivity index (χ2n) is 7.61. The smallest absolute Gasteiger partial charge is 0.272 e. The Bertz CT molecular complexity index is 1210. The molecular weight excluding hydrogens is 376 g/mol. The number of H-pyrrole nitrogens is 1. The molecule has 4 rings (SSSR count). The van der Waals surface area contributed by atoms with Crippen LogP contribution < -0.4 is 0 Å². The third-order valence-corrected chi connectivity index (χ3v) is 6.32. The maximum atomic E-state index is 12.8. The molecule has 7 nitrogen and oxygen atoms in total. The molecule has 0 atom stereocenters. The van der Waals surface area contributed by atoms with Gasteiger partial charge in [0.2, 0.25) is 0 Å². The monoisotopic (exact) mass is 398 g/mol. The van der Waals surface area contributed by atoms with E-state index in [0.717, 1.165) is 35.0 Å². The molecule has 1 saturated carbocycles. The van der Waals surface area contributed by atoms with Crippen molar-refractivity contribution in [3.8, 4) is 11.1 Å². The summed E-state index contributed by atoms with van der Waals surface area (Å²) in [5.74, 6) is 0.179. The lowest BCUT2D eigenvalue weighted by atomic mass is 9.96. The van der Waals surface area contributed by atoms with E-state index in [9.17, 15) is 13.2 Å². The molecule has 0 aliphatic heterocycles. The first-order chi connectivity index (χ1) is 13.2. The van der Waals surface area contributed by atoms with Gasteiger partial charge in [-0.1, -0.05) is 12.1 Å². The van der Waals surface area contributed by atoms with Gasteiger partial charge in [0, 0.05) is 37.2 Å². The van der Waals surface area contributed by atoms with Gasteiger partial charge >= 0.3 is 0 Å². The number of aryl methyl sites for hydroxylation is 1. The summed E-state index contributed by atoms with van der Waals surface area (Å²) in [6.45, 7) is 1.76. The van der Waals surface area contributed by atoms with Crippen LogP contribution in [0.2, 0.25) is 0 Å². The molecule has 1 aliphatic rings. The van der Waals surface area contributed by atoms with Crippen molar-refractivity contribution in [1.82, 2.24) is 20.1 Å². The minimum Gasteiger partial charge on any atom is -0.343 e. The summed E-state index contributed by atoms with van der Waals surface area (Å²) in [6.07, 6.45) is 4.99. The van der Waals surface area contributed by atoms with E-state index in [-0.39, 0.29) is 10.8 Å². The van der Waals surface area contributed by atoms with E-state index in [1.807, 2.05) is 6.07 Å². The lowest BCUT2D eigenvalue weighted by Crippen LogP contribution is -2.23. The molecule has 0 saturated heterocycles. The number of nitrogens with zero attached hydrogens (tertiary/aromatic N) is 3. The zero-order valence-corrected chi connectivity index (χ0v) is 17.1. The van der Waals surface area contributed by atoms with Crippen LogP contribution in [0.25, 0.3) is 22.0 Å². The molecule has 2 heterocycles. The van der Waals surface area contributed by atoms with Crippen LogP contribution in [-0.2, 0) is 9.84 Å². The Morgan fingerprint density at radius 2 is 1.96 bits per heavy atom. The van der Waals surface area contributed by atoms with Gasteiger partial charge in [-0.25, -0.2) is 13.4 Å². The van der Waals surface area contributed by atoms with Gasteiger partial charge in [0.05, 0.1) is 22.3 Å². The summed E-state index contributed by atoms with van der Waals surface area (Å²) in [7, 11) is 0.0504. The first kappa shape index (κ1) is 18.6. The Kier molecular flexibility index (Phi) is 4.26. The Morgan fingerprint density at radius 1 is 1.25 bits per heavy atom. The van der Waals surface area contributed by atoms with E-state index in [1.54, 1.807) is 39.3 Å². The molecule has 0 bridgehead atoms. The molecule has 0 spiro atoms. The molecule has 1 N–H and O–H groups in total. The van der Waals surface area contributed by atoms with Crippen molar-refractivity contribution in [1.29, 1.82) is 0 Å². The summed E-state index contributed by atoms with van der Waals surface area (Å²) in [5, 5.41) is 8.41. The number of hydrogen-bond donors (Lipinski definition) is 1. The molecule has 1 fully saturated rings. The fourth-order valence-corrected chi connectivity index (χ4v) is 4.53. The Hall–Kier alpha value is -2.74. The van der Waals surface area contributed by atoms with Gasteiger partial charge in [0.25, 0.3) is 5.91 Å². The zero-order valence-electron chi connectivity index (χ0n) is 16.3. The number of hydrogen-bond acceptors (Lipinski definition) is 5. The van der Waals surface area contributed by atoms with Crippen molar-refractivity contribution < 1.29 is 13.2 Å². The average Bonchev–Trinajstić information content (AvgIpc) is 3.38. The number of pyridine rings is 1. The lowest BCUT2D eigenvalue weighted by molar-refractivity contribution is 0.0823.